The van der Waals surface area contributed by atoms with Crippen LogP contribution in [0, 0.1) is 0 Å². The first-order valence-electron chi connectivity index (χ1n) is 7.00. The van der Waals surface area contributed by atoms with E-state index in [1.54, 1.807) is 11.8 Å². The van der Waals surface area contributed by atoms with Crippen LogP contribution in [0.15, 0.2) is 29.2 Å². The number of carbonyl (C=O) groups excluding carboxylic acids is 2. The highest BCUT2D eigenvalue weighted by molar-refractivity contribution is 7.98. The third-order valence-corrected chi connectivity index (χ3v) is 3.56. The molecule has 0 unspecified atom stereocenters. The minimum Gasteiger partial charge on any atom is -0.464 e. The van der Waals surface area contributed by atoms with Crippen LogP contribution < -0.4 is 10.6 Å². The quantitative estimate of drug-likeness (QED) is 0.439. The minimum atomic E-state index is -0.417. The van der Waals surface area contributed by atoms with E-state index in [1.165, 1.54) is 0 Å². The zero-order valence-corrected chi connectivity index (χ0v) is 13.3. The van der Waals surface area contributed by atoms with Crippen molar-refractivity contribution in [3.8, 4) is 0 Å². The number of para-hydroxylation sites is 1. The Kier molecular flexibility index (Phi) is 8.35. The van der Waals surface area contributed by atoms with E-state index in [2.05, 4.69) is 17.6 Å². The molecule has 0 fully saturated rings. The molecule has 0 heterocycles. The predicted molar refractivity (Wildman–Crippen MR) is 85.7 cm³/mol. The predicted octanol–water partition coefficient (Wildman–Crippen LogP) is 3.26. The van der Waals surface area contributed by atoms with Crippen molar-refractivity contribution in [2.24, 2.45) is 0 Å². The summed E-state index contributed by atoms with van der Waals surface area (Å²) in [6.45, 7) is 2.37. The maximum atomic E-state index is 11.7. The first kappa shape index (κ1) is 17.4. The number of esters is 1. The number of thioether (sulfide) groups is 1. The van der Waals surface area contributed by atoms with Crippen molar-refractivity contribution in [2.45, 2.75) is 31.1 Å². The second-order valence-electron chi connectivity index (χ2n) is 4.44. The molecular weight excluding hydrogens is 288 g/mol. The van der Waals surface area contributed by atoms with Gasteiger partial charge in [-0.25, -0.2) is 4.79 Å². The van der Waals surface area contributed by atoms with E-state index in [0.717, 1.165) is 29.8 Å². The maximum Gasteiger partial charge on any atom is 0.325 e. The highest BCUT2D eigenvalue weighted by Crippen LogP contribution is 2.24. The minimum absolute atomic E-state index is 0.126. The largest absolute Gasteiger partial charge is 0.464 e. The zero-order valence-electron chi connectivity index (χ0n) is 12.5. The molecule has 1 aromatic rings. The smallest absolute Gasteiger partial charge is 0.325 e. The number of nitrogens with one attached hydrogen (secondary N) is 2. The molecule has 21 heavy (non-hydrogen) atoms. The zero-order chi connectivity index (χ0) is 15.5. The van der Waals surface area contributed by atoms with Gasteiger partial charge >= 0.3 is 12.0 Å². The van der Waals surface area contributed by atoms with Gasteiger partial charge in [-0.2, -0.15) is 0 Å². The molecule has 5 nitrogen and oxygen atoms in total. The number of hydrogen-bond acceptors (Lipinski definition) is 4. The summed E-state index contributed by atoms with van der Waals surface area (Å²) in [5, 5.41) is 5.20. The van der Waals surface area contributed by atoms with Gasteiger partial charge in [0.1, 0.15) is 6.54 Å². The normalized spacial score (nSPS) is 10.0. The molecule has 0 aliphatic heterocycles. The van der Waals surface area contributed by atoms with Gasteiger partial charge in [-0.1, -0.05) is 31.9 Å². The van der Waals surface area contributed by atoms with Crippen molar-refractivity contribution in [2.75, 3.05) is 24.7 Å². The van der Waals surface area contributed by atoms with Gasteiger partial charge < -0.3 is 15.4 Å². The van der Waals surface area contributed by atoms with E-state index >= 15 is 0 Å². The third-order valence-electron chi connectivity index (χ3n) is 2.76. The molecule has 0 aliphatic carbocycles. The molecule has 1 rings (SSSR count). The Balaban J connectivity index is 2.29. The number of anilines is 1. The van der Waals surface area contributed by atoms with Crippen LogP contribution in [0.2, 0.25) is 0 Å². The van der Waals surface area contributed by atoms with Crippen LogP contribution in [0.1, 0.15) is 26.2 Å². The fourth-order valence-corrected chi connectivity index (χ4v) is 2.21. The molecule has 1 aromatic carbocycles. The summed E-state index contributed by atoms with van der Waals surface area (Å²) in [4.78, 5) is 24.1. The van der Waals surface area contributed by atoms with Crippen LogP contribution in [0.25, 0.3) is 0 Å². The lowest BCUT2D eigenvalue weighted by atomic mass is 10.3. The first-order chi connectivity index (χ1) is 10.2. The summed E-state index contributed by atoms with van der Waals surface area (Å²) in [5.41, 5.74) is 0.721. The molecule has 2 amide bonds. The average molecular weight is 310 g/mol. The molecule has 116 valence electrons. The lowest BCUT2D eigenvalue weighted by Crippen LogP contribution is -2.34. The van der Waals surface area contributed by atoms with Crippen LogP contribution in [-0.2, 0) is 9.53 Å². The van der Waals surface area contributed by atoms with Gasteiger partial charge in [-0.15, -0.1) is 11.8 Å². The van der Waals surface area contributed by atoms with Crippen LogP contribution in [0.4, 0.5) is 10.5 Å². The van der Waals surface area contributed by atoms with Crippen molar-refractivity contribution in [3.63, 3.8) is 0 Å². The second kappa shape index (κ2) is 10.1. The third kappa shape index (κ3) is 7.04. The van der Waals surface area contributed by atoms with E-state index in [9.17, 15) is 9.59 Å². The molecule has 0 spiro atoms. The molecule has 0 saturated heterocycles. The molecule has 0 bridgehead atoms. The second-order valence-corrected chi connectivity index (χ2v) is 5.28. The van der Waals surface area contributed by atoms with Crippen LogP contribution in [0.3, 0.4) is 0 Å². The SMILES string of the molecule is CCCCCOC(=O)CNC(=O)Nc1ccccc1SC. The highest BCUT2D eigenvalue weighted by atomic mass is 32.2. The molecule has 0 aromatic heterocycles. The number of rotatable bonds is 8. The van der Waals surface area contributed by atoms with E-state index in [1.807, 2.05) is 30.5 Å². The molecule has 0 radical (unpaired) electrons. The molecule has 0 saturated carbocycles. The van der Waals surface area contributed by atoms with Gasteiger partial charge in [0.25, 0.3) is 0 Å². The summed E-state index contributed by atoms with van der Waals surface area (Å²) in [7, 11) is 0. The summed E-state index contributed by atoms with van der Waals surface area (Å²) < 4.78 is 5.00. The van der Waals surface area contributed by atoms with E-state index in [4.69, 9.17) is 4.74 Å². The average Bonchev–Trinajstić information content (AvgIpc) is 2.50. The van der Waals surface area contributed by atoms with Gasteiger partial charge in [0, 0.05) is 4.90 Å². The molecule has 0 aliphatic rings. The Hall–Kier alpha value is -1.69. The fraction of sp³-hybridized carbons (Fsp3) is 0.467. The molecular formula is C15H22N2O3S. The van der Waals surface area contributed by atoms with Gasteiger partial charge in [0.05, 0.1) is 12.3 Å². The molecule has 0 atom stereocenters. The number of hydrogen-bond donors (Lipinski definition) is 2. The Morgan fingerprint density at radius 1 is 1.24 bits per heavy atom. The van der Waals surface area contributed by atoms with Crippen LogP contribution >= 0.6 is 11.8 Å². The molecule has 6 heteroatoms. The van der Waals surface area contributed by atoms with Crippen molar-refractivity contribution < 1.29 is 14.3 Å². The van der Waals surface area contributed by atoms with Crippen molar-refractivity contribution in [3.05, 3.63) is 24.3 Å². The Bertz CT molecular complexity index is 466. The number of benzene rings is 1. The van der Waals surface area contributed by atoms with Gasteiger partial charge in [0.15, 0.2) is 0 Å². The topological polar surface area (TPSA) is 67.4 Å². The van der Waals surface area contributed by atoms with Crippen LogP contribution in [-0.4, -0.2) is 31.4 Å². The monoisotopic (exact) mass is 310 g/mol. The van der Waals surface area contributed by atoms with Crippen LogP contribution in [0.5, 0.6) is 0 Å². The van der Waals surface area contributed by atoms with Crippen molar-refractivity contribution >= 4 is 29.4 Å². The Morgan fingerprint density at radius 3 is 2.71 bits per heavy atom. The lowest BCUT2D eigenvalue weighted by Gasteiger charge is -2.10. The number of urea groups is 1. The van der Waals surface area contributed by atoms with Gasteiger partial charge in [0.2, 0.25) is 0 Å². The summed E-state index contributed by atoms with van der Waals surface area (Å²) in [6, 6.07) is 7.07. The maximum absolute atomic E-state index is 11.7. The number of amides is 2. The van der Waals surface area contributed by atoms with Crippen molar-refractivity contribution in [1.29, 1.82) is 0 Å². The Labute approximate surface area is 129 Å². The summed E-state index contributed by atoms with van der Waals surface area (Å²) in [6.07, 6.45) is 4.90. The number of carbonyl (C=O) groups is 2. The van der Waals surface area contributed by atoms with E-state index in [-0.39, 0.29) is 6.54 Å². The molecule has 2 N–H and O–H groups in total. The number of unbranched alkanes of at least 4 members (excludes halogenated alkanes) is 2. The van der Waals surface area contributed by atoms with Gasteiger partial charge in [-0.3, -0.25) is 4.79 Å². The lowest BCUT2D eigenvalue weighted by molar-refractivity contribution is -0.142. The van der Waals surface area contributed by atoms with Gasteiger partial charge in [-0.05, 0) is 24.8 Å². The summed E-state index contributed by atoms with van der Waals surface area (Å²) in [5.74, 6) is -0.417. The standard InChI is InChI=1S/C15H22N2O3S/c1-3-4-7-10-20-14(18)11-16-15(19)17-12-8-5-6-9-13(12)21-2/h5-6,8-9H,3-4,7,10-11H2,1-2H3,(H2,16,17,19). The highest BCUT2D eigenvalue weighted by Gasteiger charge is 2.08. The Morgan fingerprint density at radius 2 is 2.00 bits per heavy atom. The van der Waals surface area contributed by atoms with Crippen molar-refractivity contribution in [1.82, 2.24) is 5.32 Å². The van der Waals surface area contributed by atoms with E-state index in [0.29, 0.717) is 6.61 Å². The fourth-order valence-electron chi connectivity index (χ4n) is 1.66. The first-order valence-corrected chi connectivity index (χ1v) is 8.23. The van der Waals surface area contributed by atoms with E-state index < -0.39 is 12.0 Å². The number of ether oxygens (including phenoxy) is 1. The summed E-state index contributed by atoms with van der Waals surface area (Å²) >= 11 is 1.54.